The van der Waals surface area contributed by atoms with Gasteiger partial charge in [0, 0.05) is 18.5 Å². The molecular formula is C13H11F2N3O. The van der Waals surface area contributed by atoms with E-state index in [1.165, 1.54) is 24.7 Å². The number of rotatable bonds is 4. The number of hydrogen-bond acceptors (Lipinski definition) is 3. The highest BCUT2D eigenvalue weighted by molar-refractivity contribution is 5.78. The Morgan fingerprint density at radius 3 is 2.79 bits per heavy atom. The molecular weight excluding hydrogens is 252 g/mol. The summed E-state index contributed by atoms with van der Waals surface area (Å²) in [6, 6.07) is 3.13. The molecule has 0 bridgehead atoms. The molecule has 0 saturated heterocycles. The summed E-state index contributed by atoms with van der Waals surface area (Å²) < 4.78 is 26.0. The van der Waals surface area contributed by atoms with Crippen molar-refractivity contribution in [3.63, 3.8) is 0 Å². The van der Waals surface area contributed by atoms with Crippen molar-refractivity contribution in [1.29, 1.82) is 0 Å². The number of carbonyl (C=O) groups excluding carboxylic acids is 1. The van der Waals surface area contributed by atoms with Crippen LogP contribution in [0.1, 0.15) is 11.3 Å². The number of nitrogens with zero attached hydrogens (tertiary/aromatic N) is 2. The molecule has 19 heavy (non-hydrogen) atoms. The van der Waals surface area contributed by atoms with E-state index in [-0.39, 0.29) is 24.4 Å². The highest BCUT2D eigenvalue weighted by Crippen LogP contribution is 2.10. The van der Waals surface area contributed by atoms with E-state index in [9.17, 15) is 13.6 Å². The zero-order valence-electron chi connectivity index (χ0n) is 9.94. The molecule has 1 amide bonds. The maximum absolute atomic E-state index is 13.3. The van der Waals surface area contributed by atoms with Gasteiger partial charge in [-0.25, -0.2) is 8.78 Å². The quantitative estimate of drug-likeness (QED) is 0.911. The van der Waals surface area contributed by atoms with Crippen LogP contribution in [-0.4, -0.2) is 15.9 Å². The first-order chi connectivity index (χ1) is 9.15. The Kier molecular flexibility index (Phi) is 4.12. The van der Waals surface area contributed by atoms with Crippen molar-refractivity contribution in [3.8, 4) is 0 Å². The van der Waals surface area contributed by atoms with Gasteiger partial charge in [-0.3, -0.25) is 14.8 Å². The summed E-state index contributed by atoms with van der Waals surface area (Å²) in [4.78, 5) is 19.4. The Hall–Kier alpha value is -2.37. The Labute approximate surface area is 108 Å². The molecule has 4 nitrogen and oxygen atoms in total. The largest absolute Gasteiger partial charge is 0.350 e. The standard InChI is InChI=1S/C13H11F2N3O/c14-10-2-1-9(12(15)6-10)5-13(19)18-8-11-7-16-3-4-17-11/h1-4,6-7H,5,8H2,(H,18,19). The van der Waals surface area contributed by atoms with E-state index in [1.54, 1.807) is 0 Å². The number of carbonyl (C=O) groups is 1. The third-order valence-electron chi connectivity index (χ3n) is 2.45. The molecule has 1 aromatic heterocycles. The van der Waals surface area contributed by atoms with Gasteiger partial charge < -0.3 is 5.32 Å². The van der Waals surface area contributed by atoms with Gasteiger partial charge in [-0.05, 0) is 11.6 Å². The van der Waals surface area contributed by atoms with Crippen LogP contribution in [-0.2, 0) is 17.8 Å². The molecule has 1 aromatic carbocycles. The van der Waals surface area contributed by atoms with Crippen LogP contribution in [0.2, 0.25) is 0 Å². The molecule has 0 spiro atoms. The van der Waals surface area contributed by atoms with Gasteiger partial charge in [-0.2, -0.15) is 0 Å². The zero-order chi connectivity index (χ0) is 13.7. The fourth-order valence-corrected chi connectivity index (χ4v) is 1.51. The van der Waals surface area contributed by atoms with E-state index in [1.807, 2.05) is 0 Å². The SMILES string of the molecule is O=C(Cc1ccc(F)cc1F)NCc1cnccn1. The number of hydrogen-bond donors (Lipinski definition) is 1. The summed E-state index contributed by atoms with van der Waals surface area (Å²) >= 11 is 0. The fourth-order valence-electron chi connectivity index (χ4n) is 1.51. The molecule has 0 aliphatic heterocycles. The van der Waals surface area contributed by atoms with Crippen LogP contribution in [0, 0.1) is 11.6 Å². The van der Waals surface area contributed by atoms with E-state index in [0.717, 1.165) is 12.1 Å². The predicted molar refractivity (Wildman–Crippen MR) is 63.9 cm³/mol. The van der Waals surface area contributed by atoms with Crippen molar-refractivity contribution in [2.45, 2.75) is 13.0 Å². The highest BCUT2D eigenvalue weighted by atomic mass is 19.1. The second kappa shape index (κ2) is 5.99. The molecule has 0 aliphatic carbocycles. The molecule has 0 atom stereocenters. The van der Waals surface area contributed by atoms with Crippen LogP contribution in [0.15, 0.2) is 36.8 Å². The Balaban J connectivity index is 1.91. The van der Waals surface area contributed by atoms with E-state index in [2.05, 4.69) is 15.3 Å². The number of benzene rings is 1. The van der Waals surface area contributed by atoms with Crippen LogP contribution >= 0.6 is 0 Å². The second-order valence-corrected chi connectivity index (χ2v) is 3.89. The van der Waals surface area contributed by atoms with Crippen molar-refractivity contribution >= 4 is 5.91 Å². The van der Waals surface area contributed by atoms with Gasteiger partial charge in [0.05, 0.1) is 24.9 Å². The Morgan fingerprint density at radius 1 is 1.26 bits per heavy atom. The van der Waals surface area contributed by atoms with Crippen molar-refractivity contribution in [1.82, 2.24) is 15.3 Å². The molecule has 98 valence electrons. The normalized spacial score (nSPS) is 10.2. The Morgan fingerprint density at radius 2 is 2.11 bits per heavy atom. The van der Waals surface area contributed by atoms with Crippen molar-refractivity contribution < 1.29 is 13.6 Å². The summed E-state index contributed by atoms with van der Waals surface area (Å²) in [6.45, 7) is 0.218. The van der Waals surface area contributed by atoms with Crippen LogP contribution in [0.4, 0.5) is 8.78 Å². The van der Waals surface area contributed by atoms with Gasteiger partial charge in [0.25, 0.3) is 0 Å². The first-order valence-electron chi connectivity index (χ1n) is 5.60. The maximum Gasteiger partial charge on any atom is 0.224 e. The van der Waals surface area contributed by atoms with Gasteiger partial charge >= 0.3 is 0 Å². The van der Waals surface area contributed by atoms with E-state index < -0.39 is 11.6 Å². The molecule has 2 aromatic rings. The minimum Gasteiger partial charge on any atom is -0.350 e. The summed E-state index contributed by atoms with van der Waals surface area (Å²) in [5, 5.41) is 2.59. The van der Waals surface area contributed by atoms with Crippen LogP contribution in [0.3, 0.4) is 0 Å². The lowest BCUT2D eigenvalue weighted by Gasteiger charge is -2.05. The molecule has 1 heterocycles. The minimum atomic E-state index is -0.727. The number of amides is 1. The molecule has 0 aliphatic rings. The summed E-state index contributed by atoms with van der Waals surface area (Å²) in [5.74, 6) is -1.76. The Bertz CT molecular complexity index is 575. The monoisotopic (exact) mass is 263 g/mol. The van der Waals surface area contributed by atoms with Crippen LogP contribution in [0.25, 0.3) is 0 Å². The molecule has 6 heteroatoms. The third kappa shape index (κ3) is 3.80. The van der Waals surface area contributed by atoms with Crippen LogP contribution < -0.4 is 5.32 Å². The highest BCUT2D eigenvalue weighted by Gasteiger charge is 2.09. The third-order valence-corrected chi connectivity index (χ3v) is 2.45. The molecule has 1 N–H and O–H groups in total. The smallest absolute Gasteiger partial charge is 0.224 e. The van der Waals surface area contributed by atoms with Gasteiger partial charge in [0.15, 0.2) is 0 Å². The predicted octanol–water partition coefficient (Wildman–Crippen LogP) is 1.61. The lowest BCUT2D eigenvalue weighted by molar-refractivity contribution is -0.120. The summed E-state index contributed by atoms with van der Waals surface area (Å²) in [5.41, 5.74) is 0.758. The average Bonchev–Trinajstić information content (AvgIpc) is 2.41. The first-order valence-corrected chi connectivity index (χ1v) is 5.60. The number of aromatic nitrogens is 2. The van der Waals surface area contributed by atoms with Crippen molar-refractivity contribution in [2.24, 2.45) is 0 Å². The molecule has 0 saturated carbocycles. The lowest BCUT2D eigenvalue weighted by atomic mass is 10.1. The number of nitrogens with one attached hydrogen (secondary N) is 1. The van der Waals surface area contributed by atoms with Crippen molar-refractivity contribution in [3.05, 3.63) is 59.7 Å². The van der Waals surface area contributed by atoms with E-state index in [4.69, 9.17) is 0 Å². The lowest BCUT2D eigenvalue weighted by Crippen LogP contribution is -2.25. The molecule has 2 rings (SSSR count). The van der Waals surface area contributed by atoms with Crippen LogP contribution in [0.5, 0.6) is 0 Å². The maximum atomic E-state index is 13.3. The van der Waals surface area contributed by atoms with Crippen molar-refractivity contribution in [2.75, 3.05) is 0 Å². The van der Waals surface area contributed by atoms with E-state index in [0.29, 0.717) is 5.69 Å². The average molecular weight is 263 g/mol. The zero-order valence-corrected chi connectivity index (χ0v) is 9.94. The fraction of sp³-hybridized carbons (Fsp3) is 0.154. The first kappa shape index (κ1) is 13.1. The number of halogens is 2. The van der Waals surface area contributed by atoms with E-state index >= 15 is 0 Å². The molecule has 0 fully saturated rings. The van der Waals surface area contributed by atoms with Gasteiger partial charge in [0.2, 0.25) is 5.91 Å². The van der Waals surface area contributed by atoms with Gasteiger partial charge in [0.1, 0.15) is 11.6 Å². The summed E-state index contributed by atoms with van der Waals surface area (Å²) in [6.07, 6.45) is 4.42. The summed E-state index contributed by atoms with van der Waals surface area (Å²) in [7, 11) is 0. The minimum absolute atomic E-state index is 0.146. The topological polar surface area (TPSA) is 54.9 Å². The second-order valence-electron chi connectivity index (χ2n) is 3.89. The van der Waals surface area contributed by atoms with Gasteiger partial charge in [-0.1, -0.05) is 6.07 Å². The van der Waals surface area contributed by atoms with Gasteiger partial charge in [-0.15, -0.1) is 0 Å². The molecule has 0 unspecified atom stereocenters. The molecule has 0 radical (unpaired) electrons.